The number of halogens is 1. The summed E-state index contributed by atoms with van der Waals surface area (Å²) in [5.74, 6) is -0.575. The van der Waals surface area contributed by atoms with Crippen molar-refractivity contribution in [1.82, 2.24) is 20.2 Å². The van der Waals surface area contributed by atoms with E-state index < -0.39 is 0 Å². The van der Waals surface area contributed by atoms with Crippen molar-refractivity contribution in [3.63, 3.8) is 0 Å². The summed E-state index contributed by atoms with van der Waals surface area (Å²) >= 11 is 0. The average molecular weight is 441 g/mol. The quantitative estimate of drug-likeness (QED) is 0.483. The zero-order valence-corrected chi connectivity index (χ0v) is 18.2. The summed E-state index contributed by atoms with van der Waals surface area (Å²) in [7, 11) is 0. The van der Waals surface area contributed by atoms with Gasteiger partial charge in [0, 0.05) is 49.0 Å². The van der Waals surface area contributed by atoms with Gasteiger partial charge in [-0.15, -0.1) is 0 Å². The molecule has 2 aromatic heterocycles. The van der Waals surface area contributed by atoms with Gasteiger partial charge in [0.1, 0.15) is 5.82 Å². The SMILES string of the molecule is O=C(NC1CCN(Cc2ccccc2)CC1)c1cc(-c2ccncc2)nc2ccc(F)cc12. The predicted molar refractivity (Wildman–Crippen MR) is 127 cm³/mol. The van der Waals surface area contributed by atoms with Gasteiger partial charge in [-0.05, 0) is 54.8 Å². The van der Waals surface area contributed by atoms with Crippen molar-refractivity contribution < 1.29 is 9.18 Å². The molecule has 0 aliphatic carbocycles. The van der Waals surface area contributed by atoms with Gasteiger partial charge in [0.2, 0.25) is 0 Å². The number of benzene rings is 2. The Balaban J connectivity index is 1.33. The smallest absolute Gasteiger partial charge is 0.252 e. The molecule has 0 bridgehead atoms. The van der Waals surface area contributed by atoms with E-state index in [1.54, 1.807) is 24.5 Å². The Hall–Kier alpha value is -3.64. The van der Waals surface area contributed by atoms with E-state index in [0.717, 1.165) is 38.0 Å². The molecule has 0 spiro atoms. The Labute approximate surface area is 192 Å². The Bertz CT molecular complexity index is 1260. The molecule has 0 atom stereocenters. The highest BCUT2D eigenvalue weighted by Crippen LogP contribution is 2.26. The standard InChI is InChI=1S/C27H25FN4O/c28-21-6-7-25-23(16-21)24(17-26(31-25)20-8-12-29-13-9-20)27(33)30-22-10-14-32(15-11-22)18-19-4-2-1-3-5-19/h1-9,12-13,16-17,22H,10-11,14-15,18H2,(H,30,33). The van der Waals surface area contributed by atoms with Crippen LogP contribution in [-0.4, -0.2) is 39.9 Å². The Morgan fingerprint density at radius 3 is 2.52 bits per heavy atom. The first-order valence-corrected chi connectivity index (χ1v) is 11.2. The molecule has 5 rings (SSSR count). The molecule has 0 radical (unpaired) electrons. The van der Waals surface area contributed by atoms with E-state index in [2.05, 4.69) is 44.5 Å². The molecule has 2 aromatic carbocycles. The third-order valence-corrected chi connectivity index (χ3v) is 6.16. The lowest BCUT2D eigenvalue weighted by molar-refractivity contribution is 0.0910. The van der Waals surface area contributed by atoms with E-state index in [0.29, 0.717) is 22.2 Å². The van der Waals surface area contributed by atoms with E-state index in [9.17, 15) is 9.18 Å². The van der Waals surface area contributed by atoms with Crippen molar-refractivity contribution in [3.05, 3.63) is 96.1 Å². The molecular formula is C27H25FN4O. The number of amides is 1. The fourth-order valence-corrected chi connectivity index (χ4v) is 4.40. The fraction of sp³-hybridized carbons (Fsp3) is 0.222. The normalized spacial score (nSPS) is 14.9. The minimum Gasteiger partial charge on any atom is -0.349 e. The first-order valence-electron chi connectivity index (χ1n) is 11.2. The number of hydrogen-bond acceptors (Lipinski definition) is 4. The van der Waals surface area contributed by atoms with Crippen LogP contribution in [0, 0.1) is 5.82 Å². The van der Waals surface area contributed by atoms with Gasteiger partial charge >= 0.3 is 0 Å². The number of nitrogens with zero attached hydrogens (tertiary/aromatic N) is 3. The number of rotatable bonds is 5. The van der Waals surface area contributed by atoms with Crippen LogP contribution in [0.2, 0.25) is 0 Å². The van der Waals surface area contributed by atoms with Crippen LogP contribution in [0.15, 0.2) is 79.1 Å². The third-order valence-electron chi connectivity index (χ3n) is 6.16. The van der Waals surface area contributed by atoms with Crippen LogP contribution in [0.1, 0.15) is 28.8 Å². The topological polar surface area (TPSA) is 58.1 Å². The maximum absolute atomic E-state index is 14.0. The zero-order valence-electron chi connectivity index (χ0n) is 18.2. The molecule has 33 heavy (non-hydrogen) atoms. The summed E-state index contributed by atoms with van der Waals surface area (Å²) in [6.07, 6.45) is 5.14. The highest BCUT2D eigenvalue weighted by molar-refractivity contribution is 6.07. The van der Waals surface area contributed by atoms with E-state index in [4.69, 9.17) is 0 Å². The maximum atomic E-state index is 14.0. The molecule has 0 unspecified atom stereocenters. The third kappa shape index (κ3) is 4.91. The highest BCUT2D eigenvalue weighted by atomic mass is 19.1. The van der Waals surface area contributed by atoms with E-state index in [1.807, 2.05) is 18.2 Å². The minimum absolute atomic E-state index is 0.0886. The number of likely N-dealkylation sites (tertiary alicyclic amines) is 1. The molecule has 1 amide bonds. The second kappa shape index (κ2) is 9.46. The first-order chi connectivity index (χ1) is 16.2. The molecule has 4 aromatic rings. The van der Waals surface area contributed by atoms with E-state index in [-0.39, 0.29) is 17.8 Å². The van der Waals surface area contributed by atoms with Gasteiger partial charge < -0.3 is 5.32 Å². The number of carbonyl (C=O) groups excluding carboxylic acids is 1. The van der Waals surface area contributed by atoms with Crippen LogP contribution in [0.3, 0.4) is 0 Å². The number of aromatic nitrogens is 2. The number of carbonyl (C=O) groups is 1. The second-order valence-electron chi connectivity index (χ2n) is 8.46. The molecule has 1 N–H and O–H groups in total. The Morgan fingerprint density at radius 1 is 1.00 bits per heavy atom. The molecule has 6 heteroatoms. The average Bonchev–Trinajstić information content (AvgIpc) is 2.86. The van der Waals surface area contributed by atoms with Crippen molar-refractivity contribution in [1.29, 1.82) is 0 Å². The van der Waals surface area contributed by atoms with Gasteiger partial charge in [0.15, 0.2) is 0 Å². The molecule has 1 aliphatic rings. The lowest BCUT2D eigenvalue weighted by Gasteiger charge is -2.32. The predicted octanol–water partition coefficient (Wildman–Crippen LogP) is 4.83. The molecule has 5 nitrogen and oxygen atoms in total. The van der Waals surface area contributed by atoms with Gasteiger partial charge in [0.25, 0.3) is 5.91 Å². The summed E-state index contributed by atoms with van der Waals surface area (Å²) in [4.78, 5) is 24.4. The molecule has 1 saturated heterocycles. The fourth-order valence-electron chi connectivity index (χ4n) is 4.40. The lowest BCUT2D eigenvalue weighted by Crippen LogP contribution is -2.44. The van der Waals surface area contributed by atoms with E-state index in [1.165, 1.54) is 17.7 Å². The highest BCUT2D eigenvalue weighted by Gasteiger charge is 2.23. The van der Waals surface area contributed by atoms with Crippen LogP contribution in [0.4, 0.5) is 4.39 Å². The minimum atomic E-state index is -0.385. The largest absolute Gasteiger partial charge is 0.349 e. The first kappa shape index (κ1) is 21.2. The van der Waals surface area contributed by atoms with Gasteiger partial charge in [-0.2, -0.15) is 0 Å². The van der Waals surface area contributed by atoms with Crippen LogP contribution in [0.25, 0.3) is 22.2 Å². The molecular weight excluding hydrogens is 415 g/mol. The summed E-state index contributed by atoms with van der Waals surface area (Å²) in [6, 6.07) is 20.3. The number of fused-ring (bicyclic) bond motifs is 1. The van der Waals surface area contributed by atoms with Crippen LogP contribution >= 0.6 is 0 Å². The van der Waals surface area contributed by atoms with Crippen molar-refractivity contribution in [3.8, 4) is 11.3 Å². The van der Waals surface area contributed by atoms with Gasteiger partial charge in [0.05, 0.1) is 16.8 Å². The second-order valence-corrected chi connectivity index (χ2v) is 8.46. The van der Waals surface area contributed by atoms with Crippen molar-refractivity contribution in [2.24, 2.45) is 0 Å². The maximum Gasteiger partial charge on any atom is 0.252 e. The van der Waals surface area contributed by atoms with Crippen molar-refractivity contribution >= 4 is 16.8 Å². The van der Waals surface area contributed by atoms with Crippen molar-refractivity contribution in [2.75, 3.05) is 13.1 Å². The molecule has 1 aliphatic heterocycles. The number of pyridine rings is 2. The Kier molecular flexibility index (Phi) is 6.09. The van der Waals surface area contributed by atoms with Gasteiger partial charge in [-0.3, -0.25) is 14.7 Å². The Morgan fingerprint density at radius 2 is 1.76 bits per heavy atom. The summed E-state index contributed by atoms with van der Waals surface area (Å²) in [5, 5.41) is 3.70. The summed E-state index contributed by atoms with van der Waals surface area (Å²) in [5.41, 5.74) is 3.86. The summed E-state index contributed by atoms with van der Waals surface area (Å²) in [6.45, 7) is 2.77. The van der Waals surface area contributed by atoms with Crippen LogP contribution in [-0.2, 0) is 6.54 Å². The molecule has 3 heterocycles. The number of piperidine rings is 1. The van der Waals surface area contributed by atoms with Crippen molar-refractivity contribution in [2.45, 2.75) is 25.4 Å². The molecule has 1 fully saturated rings. The zero-order chi connectivity index (χ0) is 22.6. The van der Waals surface area contributed by atoms with Gasteiger partial charge in [-0.25, -0.2) is 9.37 Å². The molecule has 166 valence electrons. The van der Waals surface area contributed by atoms with Crippen LogP contribution < -0.4 is 5.32 Å². The summed E-state index contributed by atoms with van der Waals surface area (Å²) < 4.78 is 14.0. The lowest BCUT2D eigenvalue weighted by atomic mass is 10.0. The number of nitrogens with one attached hydrogen (secondary N) is 1. The number of hydrogen-bond donors (Lipinski definition) is 1. The van der Waals surface area contributed by atoms with Gasteiger partial charge in [-0.1, -0.05) is 30.3 Å². The molecule has 0 saturated carbocycles. The monoisotopic (exact) mass is 440 g/mol. The van der Waals surface area contributed by atoms with E-state index >= 15 is 0 Å². The van der Waals surface area contributed by atoms with Crippen LogP contribution in [0.5, 0.6) is 0 Å².